The van der Waals surface area contributed by atoms with E-state index in [0.717, 1.165) is 6.42 Å². The lowest BCUT2D eigenvalue weighted by molar-refractivity contribution is 0.334. The van der Waals surface area contributed by atoms with Crippen molar-refractivity contribution in [1.29, 1.82) is 0 Å². The van der Waals surface area contributed by atoms with Crippen LogP contribution in [0.25, 0.3) is 0 Å². The van der Waals surface area contributed by atoms with Crippen molar-refractivity contribution < 1.29 is 4.52 Å². The summed E-state index contributed by atoms with van der Waals surface area (Å²) >= 11 is 0. The number of hydrogen-bond donors (Lipinski definition) is 1. The molecule has 1 heterocycles. The van der Waals surface area contributed by atoms with Crippen LogP contribution in [0.3, 0.4) is 0 Å². The van der Waals surface area contributed by atoms with Crippen LogP contribution in [0.1, 0.15) is 46.0 Å². The molecule has 0 aliphatic carbocycles. The highest BCUT2D eigenvalue weighted by atomic mass is 16.5. The van der Waals surface area contributed by atoms with Crippen molar-refractivity contribution in [2.75, 3.05) is 11.9 Å². The molecule has 92 valence electrons. The average Bonchev–Trinajstić information content (AvgIpc) is 2.63. The highest BCUT2D eigenvalue weighted by Gasteiger charge is 2.18. The SMILES string of the molecule is CC(C)C[C@H](N)c1nc(N(C)C(C)C)no1. The lowest BCUT2D eigenvalue weighted by Gasteiger charge is -2.18. The Morgan fingerprint density at radius 3 is 2.44 bits per heavy atom. The topological polar surface area (TPSA) is 68.2 Å². The van der Waals surface area contributed by atoms with Gasteiger partial charge in [-0.1, -0.05) is 13.8 Å². The molecule has 5 heteroatoms. The Morgan fingerprint density at radius 2 is 1.94 bits per heavy atom. The van der Waals surface area contributed by atoms with E-state index in [1.54, 1.807) is 0 Å². The second-order valence-electron chi connectivity index (χ2n) is 4.87. The summed E-state index contributed by atoms with van der Waals surface area (Å²) in [7, 11) is 1.94. The van der Waals surface area contributed by atoms with E-state index in [1.165, 1.54) is 0 Å². The molecule has 0 radical (unpaired) electrons. The maximum atomic E-state index is 5.97. The number of aromatic nitrogens is 2. The first-order valence-corrected chi connectivity index (χ1v) is 5.73. The molecule has 0 saturated heterocycles. The molecular weight excluding hydrogens is 204 g/mol. The van der Waals surface area contributed by atoms with Gasteiger partial charge in [-0.25, -0.2) is 0 Å². The first-order chi connectivity index (χ1) is 7.41. The normalized spacial score (nSPS) is 13.5. The molecule has 5 nitrogen and oxygen atoms in total. The molecule has 0 aliphatic rings. The Hall–Kier alpha value is -1.10. The van der Waals surface area contributed by atoms with Gasteiger partial charge in [0.25, 0.3) is 5.95 Å². The Bertz CT molecular complexity index is 322. The van der Waals surface area contributed by atoms with Crippen molar-refractivity contribution in [2.45, 2.75) is 46.2 Å². The van der Waals surface area contributed by atoms with Crippen LogP contribution in [0, 0.1) is 5.92 Å². The van der Waals surface area contributed by atoms with Crippen molar-refractivity contribution in [3.63, 3.8) is 0 Å². The van der Waals surface area contributed by atoms with E-state index in [9.17, 15) is 0 Å². The smallest absolute Gasteiger partial charge is 0.266 e. The van der Waals surface area contributed by atoms with Gasteiger partial charge in [-0.05, 0) is 31.3 Å². The van der Waals surface area contributed by atoms with Crippen LogP contribution in [-0.2, 0) is 0 Å². The molecule has 0 unspecified atom stereocenters. The van der Waals surface area contributed by atoms with Crippen LogP contribution < -0.4 is 10.6 Å². The Kier molecular flexibility index (Phi) is 4.29. The van der Waals surface area contributed by atoms with Crippen molar-refractivity contribution in [1.82, 2.24) is 10.1 Å². The zero-order valence-corrected chi connectivity index (χ0v) is 10.8. The Morgan fingerprint density at radius 1 is 1.31 bits per heavy atom. The predicted octanol–water partition coefficient (Wildman–Crippen LogP) is 1.96. The average molecular weight is 226 g/mol. The highest BCUT2D eigenvalue weighted by molar-refractivity contribution is 5.27. The van der Waals surface area contributed by atoms with E-state index in [-0.39, 0.29) is 6.04 Å². The molecular formula is C11H22N4O. The maximum Gasteiger partial charge on any atom is 0.266 e. The van der Waals surface area contributed by atoms with Gasteiger partial charge in [0, 0.05) is 13.1 Å². The summed E-state index contributed by atoms with van der Waals surface area (Å²) in [6, 6.07) is 0.175. The predicted molar refractivity (Wildman–Crippen MR) is 64.2 cm³/mol. The van der Waals surface area contributed by atoms with E-state index in [1.807, 2.05) is 11.9 Å². The summed E-state index contributed by atoms with van der Waals surface area (Å²) in [5.74, 6) is 1.65. The maximum absolute atomic E-state index is 5.97. The quantitative estimate of drug-likeness (QED) is 0.831. The second-order valence-corrected chi connectivity index (χ2v) is 4.87. The third-order valence-corrected chi connectivity index (χ3v) is 2.56. The second kappa shape index (κ2) is 5.30. The van der Waals surface area contributed by atoms with Gasteiger partial charge < -0.3 is 15.2 Å². The number of nitrogens with zero attached hydrogens (tertiary/aromatic N) is 3. The number of rotatable bonds is 5. The standard InChI is InChI=1S/C11H22N4O/c1-7(2)6-9(12)10-13-11(14-16-10)15(5)8(3)4/h7-9H,6,12H2,1-5H3/t9-/m0/s1. The van der Waals surface area contributed by atoms with Crippen molar-refractivity contribution >= 4 is 5.95 Å². The van der Waals surface area contributed by atoms with Gasteiger partial charge in [0.1, 0.15) is 0 Å². The van der Waals surface area contributed by atoms with Crippen LogP contribution in [0.15, 0.2) is 4.52 Å². The molecule has 16 heavy (non-hydrogen) atoms. The van der Waals surface area contributed by atoms with E-state index in [4.69, 9.17) is 10.3 Å². The van der Waals surface area contributed by atoms with Crippen molar-refractivity contribution in [2.24, 2.45) is 11.7 Å². The summed E-state index contributed by atoms with van der Waals surface area (Å²) in [5, 5.41) is 3.93. The van der Waals surface area contributed by atoms with Gasteiger partial charge in [-0.3, -0.25) is 0 Å². The van der Waals surface area contributed by atoms with E-state index < -0.39 is 0 Å². The molecule has 0 fully saturated rings. The van der Waals surface area contributed by atoms with Crippen molar-refractivity contribution in [3.05, 3.63) is 5.89 Å². The fraction of sp³-hybridized carbons (Fsp3) is 0.818. The molecule has 0 amide bonds. The molecule has 0 bridgehead atoms. The molecule has 1 aromatic heterocycles. The van der Waals surface area contributed by atoms with Crippen LogP contribution in [0.5, 0.6) is 0 Å². The summed E-state index contributed by atoms with van der Waals surface area (Å²) in [6.45, 7) is 8.39. The molecule has 0 spiro atoms. The van der Waals surface area contributed by atoms with Crippen LogP contribution in [0.2, 0.25) is 0 Å². The highest BCUT2D eigenvalue weighted by Crippen LogP contribution is 2.19. The minimum absolute atomic E-state index is 0.165. The minimum Gasteiger partial charge on any atom is -0.339 e. The van der Waals surface area contributed by atoms with Gasteiger partial charge in [0.15, 0.2) is 0 Å². The molecule has 0 aromatic carbocycles. The molecule has 0 aliphatic heterocycles. The van der Waals surface area contributed by atoms with Crippen LogP contribution in [0.4, 0.5) is 5.95 Å². The van der Waals surface area contributed by atoms with E-state index >= 15 is 0 Å². The lowest BCUT2D eigenvalue weighted by atomic mass is 10.0. The summed E-state index contributed by atoms with van der Waals surface area (Å²) in [5.41, 5.74) is 5.97. The fourth-order valence-corrected chi connectivity index (χ4v) is 1.36. The monoisotopic (exact) mass is 226 g/mol. The van der Waals surface area contributed by atoms with E-state index in [0.29, 0.717) is 23.8 Å². The lowest BCUT2D eigenvalue weighted by Crippen LogP contribution is -2.26. The zero-order chi connectivity index (χ0) is 12.3. The van der Waals surface area contributed by atoms with Gasteiger partial charge in [-0.2, -0.15) is 4.98 Å². The molecule has 0 saturated carbocycles. The van der Waals surface area contributed by atoms with Gasteiger partial charge in [0.05, 0.1) is 6.04 Å². The Balaban J connectivity index is 2.71. The number of anilines is 1. The molecule has 1 rings (SSSR count). The third-order valence-electron chi connectivity index (χ3n) is 2.56. The summed E-state index contributed by atoms with van der Waals surface area (Å²) < 4.78 is 5.17. The molecule has 1 atom stereocenters. The van der Waals surface area contributed by atoms with Crippen LogP contribution in [-0.4, -0.2) is 23.2 Å². The van der Waals surface area contributed by atoms with E-state index in [2.05, 4.69) is 37.8 Å². The molecule has 1 aromatic rings. The fourth-order valence-electron chi connectivity index (χ4n) is 1.36. The van der Waals surface area contributed by atoms with Crippen LogP contribution >= 0.6 is 0 Å². The van der Waals surface area contributed by atoms with Crippen molar-refractivity contribution in [3.8, 4) is 0 Å². The first-order valence-electron chi connectivity index (χ1n) is 5.73. The number of hydrogen-bond acceptors (Lipinski definition) is 5. The summed E-state index contributed by atoms with van der Waals surface area (Å²) in [4.78, 5) is 6.26. The first kappa shape index (κ1) is 13.0. The minimum atomic E-state index is -0.165. The third kappa shape index (κ3) is 3.20. The Labute approximate surface area is 97.0 Å². The zero-order valence-electron chi connectivity index (χ0n) is 10.8. The van der Waals surface area contributed by atoms with Gasteiger partial charge in [-0.15, -0.1) is 0 Å². The number of nitrogens with two attached hydrogens (primary N) is 1. The van der Waals surface area contributed by atoms with Gasteiger partial charge >= 0.3 is 0 Å². The molecule has 2 N–H and O–H groups in total. The largest absolute Gasteiger partial charge is 0.339 e. The summed E-state index contributed by atoms with van der Waals surface area (Å²) in [6.07, 6.45) is 0.854. The van der Waals surface area contributed by atoms with Gasteiger partial charge in [0.2, 0.25) is 5.89 Å².